The molecule has 144 valence electrons. The number of nitrogens with one attached hydrogen (secondary N) is 1. The lowest BCUT2D eigenvalue weighted by Crippen LogP contribution is -2.41. The van der Waals surface area contributed by atoms with Gasteiger partial charge in [0.1, 0.15) is 6.07 Å². The van der Waals surface area contributed by atoms with Gasteiger partial charge in [-0.05, 0) is 18.4 Å². The maximum Gasteiger partial charge on any atom is 0.232 e. The lowest BCUT2D eigenvalue weighted by Gasteiger charge is -2.35. The molecule has 1 aliphatic heterocycles. The Morgan fingerprint density at radius 1 is 1.22 bits per heavy atom. The van der Waals surface area contributed by atoms with Crippen molar-refractivity contribution in [3.05, 3.63) is 47.0 Å². The van der Waals surface area contributed by atoms with Crippen molar-refractivity contribution in [2.75, 3.05) is 38.2 Å². The quantitative estimate of drug-likeness (QED) is 0.806. The van der Waals surface area contributed by atoms with Gasteiger partial charge in [0.25, 0.3) is 0 Å². The van der Waals surface area contributed by atoms with Crippen molar-refractivity contribution >= 4 is 5.88 Å². The standard InChI is InChI=1S/C21H28N4O2/c1-15(2)12-20-24-18(13-22)21(27-20)23-14-19(25-8-10-26-11-9-25)17-6-4-16(3)5-7-17/h4-7,15,19,23H,8-12,14H2,1-3H3/t19-/m1/s1. The lowest BCUT2D eigenvalue weighted by atomic mass is 10.0. The average Bonchev–Trinajstić information content (AvgIpc) is 3.05. The number of nitrogens with zero attached hydrogens (tertiary/aromatic N) is 3. The zero-order valence-corrected chi connectivity index (χ0v) is 16.4. The van der Waals surface area contributed by atoms with Gasteiger partial charge in [-0.2, -0.15) is 5.26 Å². The lowest BCUT2D eigenvalue weighted by molar-refractivity contribution is 0.0186. The molecule has 2 aromatic rings. The molecule has 1 saturated heterocycles. The molecular formula is C21H28N4O2. The van der Waals surface area contributed by atoms with E-state index in [9.17, 15) is 5.26 Å². The number of benzene rings is 1. The number of anilines is 1. The molecule has 1 aromatic carbocycles. The molecule has 3 rings (SSSR count). The summed E-state index contributed by atoms with van der Waals surface area (Å²) >= 11 is 0. The second-order valence-electron chi connectivity index (χ2n) is 7.45. The van der Waals surface area contributed by atoms with Gasteiger partial charge >= 0.3 is 0 Å². The summed E-state index contributed by atoms with van der Waals surface area (Å²) in [6, 6.07) is 10.9. The van der Waals surface area contributed by atoms with Gasteiger partial charge in [-0.3, -0.25) is 4.90 Å². The summed E-state index contributed by atoms with van der Waals surface area (Å²) in [5, 5.41) is 12.7. The maximum atomic E-state index is 9.39. The van der Waals surface area contributed by atoms with Crippen LogP contribution < -0.4 is 5.32 Å². The van der Waals surface area contributed by atoms with Crippen LogP contribution >= 0.6 is 0 Å². The fourth-order valence-electron chi connectivity index (χ4n) is 3.32. The van der Waals surface area contributed by atoms with Crippen LogP contribution in [-0.2, 0) is 11.2 Å². The van der Waals surface area contributed by atoms with E-state index in [2.05, 4.69) is 66.3 Å². The van der Waals surface area contributed by atoms with E-state index in [0.29, 0.717) is 29.9 Å². The fraction of sp³-hybridized carbons (Fsp3) is 0.524. The third-order valence-corrected chi connectivity index (χ3v) is 4.76. The van der Waals surface area contributed by atoms with Crippen LogP contribution in [0.2, 0.25) is 0 Å². The zero-order chi connectivity index (χ0) is 19.2. The van der Waals surface area contributed by atoms with Crippen molar-refractivity contribution in [3.8, 4) is 6.07 Å². The Balaban J connectivity index is 1.77. The summed E-state index contributed by atoms with van der Waals surface area (Å²) in [7, 11) is 0. The van der Waals surface area contributed by atoms with E-state index in [1.807, 2.05) is 0 Å². The molecule has 0 unspecified atom stereocenters. The smallest absolute Gasteiger partial charge is 0.232 e. The van der Waals surface area contributed by atoms with E-state index < -0.39 is 0 Å². The predicted molar refractivity (Wildman–Crippen MR) is 105 cm³/mol. The molecule has 0 saturated carbocycles. The van der Waals surface area contributed by atoms with Crippen molar-refractivity contribution < 1.29 is 9.15 Å². The average molecular weight is 368 g/mol. The number of hydrogen-bond donors (Lipinski definition) is 1. The minimum Gasteiger partial charge on any atom is -0.424 e. The van der Waals surface area contributed by atoms with Crippen molar-refractivity contribution in [1.29, 1.82) is 5.26 Å². The van der Waals surface area contributed by atoms with Gasteiger partial charge in [-0.15, -0.1) is 0 Å². The highest BCUT2D eigenvalue weighted by Crippen LogP contribution is 2.25. The van der Waals surface area contributed by atoms with E-state index in [1.165, 1.54) is 11.1 Å². The molecule has 0 aliphatic carbocycles. The highest BCUT2D eigenvalue weighted by Gasteiger charge is 2.24. The molecule has 27 heavy (non-hydrogen) atoms. The van der Waals surface area contributed by atoms with E-state index >= 15 is 0 Å². The molecular weight excluding hydrogens is 340 g/mol. The summed E-state index contributed by atoms with van der Waals surface area (Å²) in [4.78, 5) is 6.74. The monoisotopic (exact) mass is 368 g/mol. The topological polar surface area (TPSA) is 74.3 Å². The van der Waals surface area contributed by atoms with Gasteiger partial charge in [0.05, 0.1) is 19.3 Å². The minimum absolute atomic E-state index is 0.180. The van der Waals surface area contributed by atoms with Crippen LogP contribution in [0.25, 0.3) is 0 Å². The second-order valence-corrected chi connectivity index (χ2v) is 7.45. The van der Waals surface area contributed by atoms with Crippen LogP contribution in [-0.4, -0.2) is 42.7 Å². The van der Waals surface area contributed by atoms with Gasteiger partial charge in [0.2, 0.25) is 11.6 Å². The van der Waals surface area contributed by atoms with E-state index in [1.54, 1.807) is 0 Å². The summed E-state index contributed by atoms with van der Waals surface area (Å²) in [6.07, 6.45) is 0.723. The number of nitriles is 1. The van der Waals surface area contributed by atoms with Crippen molar-refractivity contribution in [3.63, 3.8) is 0 Å². The molecule has 0 amide bonds. The van der Waals surface area contributed by atoms with Crippen LogP contribution in [0.5, 0.6) is 0 Å². The first-order valence-corrected chi connectivity index (χ1v) is 9.59. The second kappa shape index (κ2) is 9.03. The highest BCUT2D eigenvalue weighted by atomic mass is 16.5. The maximum absolute atomic E-state index is 9.39. The molecule has 2 heterocycles. The van der Waals surface area contributed by atoms with Crippen LogP contribution in [0.15, 0.2) is 28.7 Å². The Morgan fingerprint density at radius 3 is 2.56 bits per heavy atom. The van der Waals surface area contributed by atoms with Crippen LogP contribution in [0.4, 0.5) is 5.88 Å². The Morgan fingerprint density at radius 2 is 1.93 bits per heavy atom. The highest BCUT2D eigenvalue weighted by molar-refractivity contribution is 5.45. The van der Waals surface area contributed by atoms with E-state index in [0.717, 1.165) is 32.7 Å². The number of morpholine rings is 1. The third kappa shape index (κ3) is 5.09. The number of hydrogen-bond acceptors (Lipinski definition) is 6. The number of oxazole rings is 1. The minimum atomic E-state index is 0.180. The Hall–Kier alpha value is -2.36. The third-order valence-electron chi connectivity index (χ3n) is 4.76. The molecule has 1 aliphatic rings. The molecule has 0 bridgehead atoms. The number of aromatic nitrogens is 1. The Bertz CT molecular complexity index is 770. The molecule has 1 N–H and O–H groups in total. The molecule has 6 nitrogen and oxygen atoms in total. The van der Waals surface area contributed by atoms with E-state index in [-0.39, 0.29) is 6.04 Å². The summed E-state index contributed by atoms with van der Waals surface area (Å²) in [6.45, 7) is 10.2. The number of aryl methyl sites for hydroxylation is 1. The summed E-state index contributed by atoms with van der Waals surface area (Å²) in [5.41, 5.74) is 2.82. The van der Waals surface area contributed by atoms with E-state index in [4.69, 9.17) is 9.15 Å². The first-order chi connectivity index (χ1) is 13.1. The van der Waals surface area contributed by atoms with Gasteiger partial charge in [0, 0.05) is 26.1 Å². The van der Waals surface area contributed by atoms with Crippen LogP contribution in [0, 0.1) is 24.2 Å². The summed E-state index contributed by atoms with van der Waals surface area (Å²) in [5.74, 6) is 1.51. The molecule has 6 heteroatoms. The van der Waals surface area contributed by atoms with Gasteiger partial charge in [0.15, 0.2) is 5.89 Å². The molecule has 0 radical (unpaired) electrons. The molecule has 1 atom stereocenters. The number of ether oxygens (including phenoxy) is 1. The number of rotatable bonds is 7. The molecule has 1 aromatic heterocycles. The SMILES string of the molecule is Cc1ccc([C@@H](CNc2oc(CC(C)C)nc2C#N)N2CCOCC2)cc1. The van der Waals surface area contributed by atoms with Crippen molar-refractivity contribution in [1.82, 2.24) is 9.88 Å². The van der Waals surface area contributed by atoms with Gasteiger partial charge < -0.3 is 14.5 Å². The summed E-state index contributed by atoms with van der Waals surface area (Å²) < 4.78 is 11.3. The molecule has 0 spiro atoms. The van der Waals surface area contributed by atoms with Crippen LogP contribution in [0.1, 0.15) is 42.6 Å². The van der Waals surface area contributed by atoms with Crippen molar-refractivity contribution in [2.45, 2.75) is 33.2 Å². The predicted octanol–water partition coefficient (Wildman–Crippen LogP) is 3.54. The van der Waals surface area contributed by atoms with Gasteiger partial charge in [-0.25, -0.2) is 4.98 Å². The largest absolute Gasteiger partial charge is 0.424 e. The van der Waals surface area contributed by atoms with Gasteiger partial charge in [-0.1, -0.05) is 43.7 Å². The first kappa shape index (κ1) is 19.4. The Labute approximate surface area is 161 Å². The van der Waals surface area contributed by atoms with Crippen LogP contribution in [0.3, 0.4) is 0 Å². The molecule has 1 fully saturated rings. The normalized spacial score (nSPS) is 16.3. The first-order valence-electron chi connectivity index (χ1n) is 9.59. The Kier molecular flexibility index (Phi) is 6.49. The zero-order valence-electron chi connectivity index (χ0n) is 16.4. The van der Waals surface area contributed by atoms with Crippen molar-refractivity contribution in [2.24, 2.45) is 5.92 Å². The fourth-order valence-corrected chi connectivity index (χ4v) is 3.32.